The molecule has 0 aromatic carbocycles. The summed E-state index contributed by atoms with van der Waals surface area (Å²) in [6, 6.07) is 0.687. The van der Waals surface area contributed by atoms with Gasteiger partial charge in [0.15, 0.2) is 0 Å². The zero-order chi connectivity index (χ0) is 9.40. The summed E-state index contributed by atoms with van der Waals surface area (Å²) >= 11 is 2.03. The first-order valence-electron chi connectivity index (χ1n) is 4.98. The van der Waals surface area contributed by atoms with Gasteiger partial charge in [-0.1, -0.05) is 20.8 Å². The third-order valence-electron chi connectivity index (χ3n) is 1.77. The molecule has 0 aromatic rings. The van der Waals surface area contributed by atoms with Crippen LogP contribution in [0.1, 0.15) is 34.1 Å². The highest BCUT2D eigenvalue weighted by Crippen LogP contribution is 2.03. The van der Waals surface area contributed by atoms with Gasteiger partial charge in [-0.15, -0.1) is 0 Å². The molecule has 74 valence electrons. The van der Waals surface area contributed by atoms with Gasteiger partial charge in [-0.05, 0) is 37.3 Å². The molecule has 0 radical (unpaired) electrons. The molecule has 0 rings (SSSR count). The zero-order valence-corrected chi connectivity index (χ0v) is 9.71. The van der Waals surface area contributed by atoms with Gasteiger partial charge in [0.05, 0.1) is 0 Å². The average molecular weight is 189 g/mol. The second kappa shape index (κ2) is 7.93. The van der Waals surface area contributed by atoms with Gasteiger partial charge in [0.2, 0.25) is 0 Å². The highest BCUT2D eigenvalue weighted by Gasteiger charge is 2.01. The van der Waals surface area contributed by atoms with Crippen molar-refractivity contribution in [3.63, 3.8) is 0 Å². The van der Waals surface area contributed by atoms with Crippen molar-refractivity contribution in [3.05, 3.63) is 0 Å². The minimum absolute atomic E-state index is 0.687. The maximum Gasteiger partial charge on any atom is 0.00466 e. The van der Waals surface area contributed by atoms with Crippen molar-refractivity contribution in [1.82, 2.24) is 5.32 Å². The van der Waals surface area contributed by atoms with Crippen molar-refractivity contribution >= 4 is 11.8 Å². The Labute approximate surface area is 81.7 Å². The van der Waals surface area contributed by atoms with Crippen LogP contribution < -0.4 is 5.32 Å². The number of nitrogens with one attached hydrogen (secondary N) is 1. The Morgan fingerprint density at radius 2 is 1.92 bits per heavy atom. The van der Waals surface area contributed by atoms with Gasteiger partial charge in [0.1, 0.15) is 0 Å². The molecule has 0 fully saturated rings. The van der Waals surface area contributed by atoms with E-state index in [1.807, 2.05) is 11.8 Å². The van der Waals surface area contributed by atoms with E-state index in [1.165, 1.54) is 17.9 Å². The molecule has 0 amide bonds. The fourth-order valence-electron chi connectivity index (χ4n) is 0.943. The first kappa shape index (κ1) is 12.3. The molecule has 2 heteroatoms. The van der Waals surface area contributed by atoms with E-state index < -0.39 is 0 Å². The first-order chi connectivity index (χ1) is 5.66. The summed E-state index contributed by atoms with van der Waals surface area (Å²) in [6.07, 6.45) is 1.30. The summed E-state index contributed by atoms with van der Waals surface area (Å²) in [4.78, 5) is 0. The Kier molecular flexibility index (Phi) is 8.14. The largest absolute Gasteiger partial charge is 0.314 e. The van der Waals surface area contributed by atoms with Crippen molar-refractivity contribution < 1.29 is 0 Å². The lowest BCUT2D eigenvalue weighted by Crippen LogP contribution is -2.29. The molecule has 0 saturated carbocycles. The molecule has 0 saturated heterocycles. The fourth-order valence-corrected chi connectivity index (χ4v) is 1.75. The lowest BCUT2D eigenvalue weighted by atomic mass is 10.2. The van der Waals surface area contributed by atoms with E-state index in [0.29, 0.717) is 6.04 Å². The molecule has 0 heterocycles. The van der Waals surface area contributed by atoms with E-state index in [0.717, 1.165) is 12.5 Å². The van der Waals surface area contributed by atoms with Crippen molar-refractivity contribution in [2.24, 2.45) is 5.92 Å². The normalized spacial score (nSPS) is 13.8. The Bertz CT molecular complexity index is 93.8. The molecule has 0 aromatic heterocycles. The summed E-state index contributed by atoms with van der Waals surface area (Å²) < 4.78 is 0. The van der Waals surface area contributed by atoms with Crippen LogP contribution in [0.3, 0.4) is 0 Å². The van der Waals surface area contributed by atoms with Gasteiger partial charge in [-0.25, -0.2) is 0 Å². The zero-order valence-electron chi connectivity index (χ0n) is 8.89. The van der Waals surface area contributed by atoms with Crippen LogP contribution in [0.25, 0.3) is 0 Å². The van der Waals surface area contributed by atoms with Gasteiger partial charge in [0.25, 0.3) is 0 Å². The second-order valence-corrected chi connectivity index (χ2v) is 5.08. The van der Waals surface area contributed by atoms with Gasteiger partial charge in [0, 0.05) is 6.04 Å². The van der Waals surface area contributed by atoms with Crippen LogP contribution in [-0.4, -0.2) is 24.1 Å². The molecule has 0 aliphatic carbocycles. The minimum Gasteiger partial charge on any atom is -0.314 e. The second-order valence-electron chi connectivity index (χ2n) is 3.69. The predicted molar refractivity (Wildman–Crippen MR) is 59.9 cm³/mol. The van der Waals surface area contributed by atoms with Gasteiger partial charge >= 0.3 is 0 Å². The summed E-state index contributed by atoms with van der Waals surface area (Å²) in [5, 5.41) is 3.53. The molecule has 1 unspecified atom stereocenters. The SMILES string of the molecule is CCSCCC(C)NCC(C)C. The average Bonchev–Trinajstić information content (AvgIpc) is 2.01. The van der Waals surface area contributed by atoms with Crippen LogP contribution in [0.15, 0.2) is 0 Å². The number of hydrogen-bond acceptors (Lipinski definition) is 2. The van der Waals surface area contributed by atoms with Crippen molar-refractivity contribution in [2.45, 2.75) is 40.2 Å². The van der Waals surface area contributed by atoms with Gasteiger partial charge in [-0.2, -0.15) is 11.8 Å². The standard InChI is InChI=1S/C10H23NS/c1-5-12-7-6-10(4)11-8-9(2)3/h9-11H,5-8H2,1-4H3. The van der Waals surface area contributed by atoms with Crippen molar-refractivity contribution in [3.8, 4) is 0 Å². The van der Waals surface area contributed by atoms with Crippen LogP contribution in [0.5, 0.6) is 0 Å². The predicted octanol–water partition coefficient (Wildman–Crippen LogP) is 2.76. The van der Waals surface area contributed by atoms with Gasteiger partial charge < -0.3 is 5.32 Å². The van der Waals surface area contributed by atoms with Crippen LogP contribution >= 0.6 is 11.8 Å². The molecule has 1 nitrogen and oxygen atoms in total. The van der Waals surface area contributed by atoms with E-state index in [-0.39, 0.29) is 0 Å². The smallest absolute Gasteiger partial charge is 0.00466 e. The van der Waals surface area contributed by atoms with E-state index in [9.17, 15) is 0 Å². The number of rotatable bonds is 7. The molecule has 0 bridgehead atoms. The monoisotopic (exact) mass is 189 g/mol. The summed E-state index contributed by atoms with van der Waals surface area (Å²) in [5.74, 6) is 3.31. The highest BCUT2D eigenvalue weighted by atomic mass is 32.2. The molecule has 0 aliphatic heterocycles. The van der Waals surface area contributed by atoms with Crippen LogP contribution in [0.4, 0.5) is 0 Å². The van der Waals surface area contributed by atoms with Crippen molar-refractivity contribution in [1.29, 1.82) is 0 Å². The van der Waals surface area contributed by atoms with E-state index >= 15 is 0 Å². The fraction of sp³-hybridized carbons (Fsp3) is 1.00. The lowest BCUT2D eigenvalue weighted by molar-refractivity contribution is 0.477. The lowest BCUT2D eigenvalue weighted by Gasteiger charge is -2.14. The first-order valence-corrected chi connectivity index (χ1v) is 6.13. The molecule has 0 spiro atoms. The van der Waals surface area contributed by atoms with Gasteiger partial charge in [-0.3, -0.25) is 0 Å². The Morgan fingerprint density at radius 3 is 2.42 bits per heavy atom. The molecular formula is C10H23NS. The molecule has 1 N–H and O–H groups in total. The van der Waals surface area contributed by atoms with E-state index in [4.69, 9.17) is 0 Å². The maximum absolute atomic E-state index is 3.53. The van der Waals surface area contributed by atoms with E-state index in [2.05, 4.69) is 33.0 Å². The van der Waals surface area contributed by atoms with E-state index in [1.54, 1.807) is 0 Å². The summed E-state index contributed by atoms with van der Waals surface area (Å²) in [5.41, 5.74) is 0. The molecular weight excluding hydrogens is 166 g/mol. The molecule has 0 aliphatic rings. The van der Waals surface area contributed by atoms with Crippen LogP contribution in [0, 0.1) is 5.92 Å². The van der Waals surface area contributed by atoms with Crippen LogP contribution in [0.2, 0.25) is 0 Å². The maximum atomic E-state index is 3.53. The molecule has 1 atom stereocenters. The summed E-state index contributed by atoms with van der Waals surface area (Å²) in [6.45, 7) is 10.1. The quantitative estimate of drug-likeness (QED) is 0.618. The number of hydrogen-bond donors (Lipinski definition) is 1. The van der Waals surface area contributed by atoms with Crippen molar-refractivity contribution in [2.75, 3.05) is 18.1 Å². The minimum atomic E-state index is 0.687. The topological polar surface area (TPSA) is 12.0 Å². The third kappa shape index (κ3) is 8.41. The summed E-state index contributed by atoms with van der Waals surface area (Å²) in [7, 11) is 0. The Morgan fingerprint density at radius 1 is 1.25 bits per heavy atom. The Hall–Kier alpha value is 0.310. The number of thioether (sulfide) groups is 1. The molecule has 12 heavy (non-hydrogen) atoms. The van der Waals surface area contributed by atoms with Crippen LogP contribution in [-0.2, 0) is 0 Å². The highest BCUT2D eigenvalue weighted by molar-refractivity contribution is 7.99. The Balaban J connectivity index is 3.15. The third-order valence-corrected chi connectivity index (χ3v) is 2.71.